The van der Waals surface area contributed by atoms with Gasteiger partial charge >= 0.3 is 0 Å². The number of ether oxygens (including phenoxy) is 4. The highest BCUT2D eigenvalue weighted by Crippen LogP contribution is 2.38. The second-order valence-corrected chi connectivity index (χ2v) is 6.59. The third-order valence-corrected chi connectivity index (χ3v) is 4.21. The Kier molecular flexibility index (Phi) is 8.03. The van der Waals surface area contributed by atoms with Gasteiger partial charge < -0.3 is 24.1 Å². The molecule has 0 amide bonds. The molecule has 0 saturated heterocycles. The summed E-state index contributed by atoms with van der Waals surface area (Å²) in [5.41, 5.74) is 0.984. The third-order valence-electron chi connectivity index (χ3n) is 3.96. The highest BCUT2D eigenvalue weighted by Gasteiger charge is 2.15. The van der Waals surface area contributed by atoms with Crippen LogP contribution in [0.4, 0.5) is 0 Å². The molecule has 0 radical (unpaired) electrons. The molecule has 0 aliphatic heterocycles. The zero-order valence-electron chi connectivity index (χ0n) is 16.1. The second kappa shape index (κ2) is 10.3. The van der Waals surface area contributed by atoms with E-state index >= 15 is 0 Å². The van der Waals surface area contributed by atoms with Gasteiger partial charge in [-0.1, -0.05) is 11.6 Å². The van der Waals surface area contributed by atoms with Crippen molar-refractivity contribution in [3.8, 4) is 23.0 Å². The van der Waals surface area contributed by atoms with Crippen molar-refractivity contribution in [3.63, 3.8) is 0 Å². The molecular formula is C20H26ClNO5. The summed E-state index contributed by atoms with van der Waals surface area (Å²) in [6.45, 7) is 1.25. The number of hydrogen-bond acceptors (Lipinski definition) is 6. The highest BCUT2D eigenvalue weighted by atomic mass is 35.5. The zero-order valence-corrected chi connectivity index (χ0v) is 16.8. The number of nitrogens with zero attached hydrogens (tertiary/aromatic N) is 1. The molecule has 1 atom stereocenters. The van der Waals surface area contributed by atoms with Gasteiger partial charge in [-0.3, -0.25) is 4.90 Å². The summed E-state index contributed by atoms with van der Waals surface area (Å²) in [5, 5.41) is 10.9. The van der Waals surface area contributed by atoms with Gasteiger partial charge in [-0.15, -0.1) is 0 Å². The molecule has 0 aromatic heterocycles. The Morgan fingerprint density at radius 1 is 1.00 bits per heavy atom. The first-order valence-corrected chi connectivity index (χ1v) is 8.88. The fourth-order valence-corrected chi connectivity index (χ4v) is 2.86. The van der Waals surface area contributed by atoms with E-state index in [1.807, 2.05) is 24.1 Å². The first-order chi connectivity index (χ1) is 13.0. The molecule has 1 unspecified atom stereocenters. The lowest BCUT2D eigenvalue weighted by Crippen LogP contribution is -2.32. The zero-order chi connectivity index (χ0) is 19.8. The van der Waals surface area contributed by atoms with Gasteiger partial charge in [0.25, 0.3) is 0 Å². The van der Waals surface area contributed by atoms with Crippen molar-refractivity contribution in [2.75, 3.05) is 41.5 Å². The lowest BCUT2D eigenvalue weighted by atomic mass is 10.1. The molecule has 0 aliphatic rings. The van der Waals surface area contributed by atoms with Crippen molar-refractivity contribution in [2.24, 2.45) is 0 Å². The lowest BCUT2D eigenvalue weighted by molar-refractivity contribution is 0.0743. The second-order valence-electron chi connectivity index (χ2n) is 6.15. The summed E-state index contributed by atoms with van der Waals surface area (Å²) in [7, 11) is 6.67. The van der Waals surface area contributed by atoms with E-state index in [2.05, 4.69) is 0 Å². The number of aliphatic hydroxyl groups is 1. The summed E-state index contributed by atoms with van der Waals surface area (Å²) in [6.07, 6.45) is -0.632. The Balaban J connectivity index is 1.92. The van der Waals surface area contributed by atoms with Gasteiger partial charge in [-0.25, -0.2) is 0 Å². The summed E-state index contributed by atoms with van der Waals surface area (Å²) in [4.78, 5) is 2.00. The summed E-state index contributed by atoms with van der Waals surface area (Å²) < 4.78 is 21.7. The largest absolute Gasteiger partial charge is 0.493 e. The molecular weight excluding hydrogens is 370 g/mol. The number of rotatable bonds is 10. The van der Waals surface area contributed by atoms with Gasteiger partial charge in [-0.05, 0) is 49.0 Å². The van der Waals surface area contributed by atoms with Crippen LogP contribution in [0.2, 0.25) is 5.02 Å². The van der Waals surface area contributed by atoms with Crippen LogP contribution in [-0.2, 0) is 6.54 Å². The van der Waals surface area contributed by atoms with Crippen LogP contribution in [0.3, 0.4) is 0 Å². The number of benzene rings is 2. The first kappa shape index (κ1) is 21.2. The van der Waals surface area contributed by atoms with Crippen LogP contribution in [-0.4, -0.2) is 57.6 Å². The average molecular weight is 396 g/mol. The lowest BCUT2D eigenvalue weighted by Gasteiger charge is -2.22. The molecule has 0 aliphatic carbocycles. The Morgan fingerprint density at radius 3 is 2.11 bits per heavy atom. The molecule has 0 spiro atoms. The summed E-state index contributed by atoms with van der Waals surface area (Å²) in [5.74, 6) is 2.44. The molecule has 2 aromatic rings. The van der Waals surface area contributed by atoms with E-state index in [0.717, 1.165) is 5.56 Å². The van der Waals surface area contributed by atoms with Gasteiger partial charge in [0.2, 0.25) is 5.75 Å². The van der Waals surface area contributed by atoms with Crippen molar-refractivity contribution >= 4 is 11.6 Å². The van der Waals surface area contributed by atoms with Crippen LogP contribution in [0.15, 0.2) is 36.4 Å². The molecule has 0 fully saturated rings. The smallest absolute Gasteiger partial charge is 0.203 e. The van der Waals surface area contributed by atoms with Crippen LogP contribution in [0, 0.1) is 0 Å². The van der Waals surface area contributed by atoms with E-state index < -0.39 is 6.10 Å². The maximum atomic E-state index is 10.2. The van der Waals surface area contributed by atoms with Crippen molar-refractivity contribution in [3.05, 3.63) is 47.0 Å². The fourth-order valence-electron chi connectivity index (χ4n) is 2.74. The van der Waals surface area contributed by atoms with E-state index in [4.69, 9.17) is 30.5 Å². The van der Waals surface area contributed by atoms with Crippen molar-refractivity contribution in [2.45, 2.75) is 12.6 Å². The topological polar surface area (TPSA) is 60.4 Å². The number of methoxy groups -OCH3 is 3. The van der Waals surface area contributed by atoms with Crippen LogP contribution < -0.4 is 18.9 Å². The molecule has 0 heterocycles. The summed E-state index contributed by atoms with van der Waals surface area (Å²) in [6, 6.07) is 10.8. The third kappa shape index (κ3) is 6.20. The predicted octanol–water partition coefficient (Wildman–Crippen LogP) is 3.24. The standard InChI is InChI=1S/C20H26ClNO5/c1-22(12-16(23)13-27-17-7-5-15(21)6-8-17)11-14-9-18(24-2)20(26-4)19(10-14)25-3/h5-10,16,23H,11-13H2,1-4H3. The Bertz CT molecular complexity index is 698. The number of aliphatic hydroxyl groups excluding tert-OH is 1. The van der Waals surface area contributed by atoms with Crippen LogP contribution >= 0.6 is 11.6 Å². The maximum absolute atomic E-state index is 10.2. The molecule has 27 heavy (non-hydrogen) atoms. The highest BCUT2D eigenvalue weighted by molar-refractivity contribution is 6.30. The van der Waals surface area contributed by atoms with Crippen molar-refractivity contribution in [1.29, 1.82) is 0 Å². The van der Waals surface area contributed by atoms with Gasteiger partial charge in [0.05, 0.1) is 21.3 Å². The Labute approximate surface area is 165 Å². The van der Waals surface area contributed by atoms with Gasteiger partial charge in [0, 0.05) is 18.1 Å². The van der Waals surface area contributed by atoms with Crippen molar-refractivity contribution in [1.82, 2.24) is 4.90 Å². The SMILES string of the molecule is COc1cc(CN(C)CC(O)COc2ccc(Cl)cc2)cc(OC)c1OC. The van der Waals surface area contributed by atoms with Crippen molar-refractivity contribution < 1.29 is 24.1 Å². The average Bonchev–Trinajstić information content (AvgIpc) is 2.66. The molecule has 1 N–H and O–H groups in total. The number of halogens is 1. The molecule has 2 rings (SSSR count). The number of hydrogen-bond donors (Lipinski definition) is 1. The maximum Gasteiger partial charge on any atom is 0.203 e. The number of likely N-dealkylation sites (N-methyl/N-ethyl adjacent to an activating group) is 1. The van der Waals surface area contributed by atoms with Gasteiger partial charge in [0.1, 0.15) is 18.5 Å². The first-order valence-electron chi connectivity index (χ1n) is 8.50. The van der Waals surface area contributed by atoms with Crippen LogP contribution in [0.25, 0.3) is 0 Å². The van der Waals surface area contributed by atoms with Gasteiger partial charge in [-0.2, -0.15) is 0 Å². The van der Waals surface area contributed by atoms with Crippen LogP contribution in [0.1, 0.15) is 5.56 Å². The minimum absolute atomic E-state index is 0.196. The Morgan fingerprint density at radius 2 is 1.59 bits per heavy atom. The Hall–Kier alpha value is -2.15. The molecule has 7 heteroatoms. The molecule has 0 saturated carbocycles. The van der Waals surface area contributed by atoms with E-state index in [9.17, 15) is 5.11 Å². The van der Waals surface area contributed by atoms with E-state index in [1.54, 1.807) is 45.6 Å². The minimum atomic E-state index is -0.632. The predicted molar refractivity (Wildman–Crippen MR) is 105 cm³/mol. The van der Waals surface area contributed by atoms with E-state index in [1.165, 1.54) is 0 Å². The van der Waals surface area contributed by atoms with Crippen LogP contribution in [0.5, 0.6) is 23.0 Å². The molecule has 148 valence electrons. The molecule has 2 aromatic carbocycles. The quantitative estimate of drug-likeness (QED) is 0.666. The van der Waals surface area contributed by atoms with Gasteiger partial charge in [0.15, 0.2) is 11.5 Å². The fraction of sp³-hybridized carbons (Fsp3) is 0.400. The molecule has 0 bridgehead atoms. The summed E-state index contributed by atoms with van der Waals surface area (Å²) >= 11 is 5.85. The monoisotopic (exact) mass is 395 g/mol. The molecule has 6 nitrogen and oxygen atoms in total. The van der Waals surface area contributed by atoms with E-state index in [-0.39, 0.29) is 6.61 Å². The van der Waals surface area contributed by atoms with E-state index in [0.29, 0.717) is 41.1 Å². The minimum Gasteiger partial charge on any atom is -0.493 e. The normalized spacial score (nSPS) is 12.0.